The molecular weight excluding hydrogens is 728 g/mol. The van der Waals surface area contributed by atoms with E-state index in [0.717, 1.165) is 6.92 Å². The third-order valence-corrected chi connectivity index (χ3v) is 8.56. The molecule has 1 amide bonds. The average molecular weight is 775 g/mol. The van der Waals surface area contributed by atoms with E-state index < -0.39 is 148 Å². The van der Waals surface area contributed by atoms with Gasteiger partial charge in [-0.2, -0.15) is 0 Å². The van der Waals surface area contributed by atoms with Gasteiger partial charge in [-0.15, -0.1) is 0 Å². The molecule has 3 fully saturated rings. The number of carboxylic acid groups (broad SMARTS) is 1. The van der Waals surface area contributed by atoms with Crippen LogP contribution in [-0.4, -0.2) is 211 Å². The number of nitrogens with zero attached hydrogens (tertiary/aromatic N) is 3. The molecule has 0 saturated carbocycles. The minimum atomic E-state index is -2.94. The van der Waals surface area contributed by atoms with E-state index in [1.807, 2.05) is 0 Å². The molecule has 3 heterocycles. The summed E-state index contributed by atoms with van der Waals surface area (Å²) in [4.78, 5) is 38.6. The quantitative estimate of drug-likeness (QED) is 0.0202. The normalized spacial score (nSPS) is 38.6. The number of aliphatic hydroxyl groups excluding tert-OH is 10. The zero-order valence-corrected chi connectivity index (χ0v) is 28.2. The highest BCUT2D eigenvalue weighted by Crippen LogP contribution is 2.35. The minimum Gasteiger partial charge on any atom is -0.477 e. The number of azide groups is 1. The Labute approximate surface area is 299 Å². The van der Waals surface area contributed by atoms with Gasteiger partial charge in [-0.3, -0.25) is 9.59 Å². The summed E-state index contributed by atoms with van der Waals surface area (Å²) in [6.45, 7) is -2.82. The zero-order valence-electron chi connectivity index (χ0n) is 28.2. The van der Waals surface area contributed by atoms with E-state index in [-0.39, 0.29) is 19.6 Å². The van der Waals surface area contributed by atoms with Crippen LogP contribution in [0.4, 0.5) is 0 Å². The number of hydrogen-bond donors (Lipinski definition) is 12. The van der Waals surface area contributed by atoms with Gasteiger partial charge < -0.3 is 94.6 Å². The van der Waals surface area contributed by atoms with Gasteiger partial charge >= 0.3 is 11.9 Å². The number of nitrogens with one attached hydrogen (secondary N) is 1. The Morgan fingerprint density at radius 2 is 1.64 bits per heavy atom. The third-order valence-electron chi connectivity index (χ3n) is 8.56. The molecule has 0 aliphatic carbocycles. The van der Waals surface area contributed by atoms with Crippen LogP contribution in [0.3, 0.4) is 0 Å². The van der Waals surface area contributed by atoms with E-state index in [0.29, 0.717) is 0 Å². The summed E-state index contributed by atoms with van der Waals surface area (Å²) in [5, 5.41) is 120. The van der Waals surface area contributed by atoms with Crippen LogP contribution in [0.15, 0.2) is 5.11 Å². The second-order valence-electron chi connectivity index (χ2n) is 12.3. The van der Waals surface area contributed by atoms with Crippen LogP contribution >= 0.6 is 0 Å². The van der Waals surface area contributed by atoms with Gasteiger partial charge in [0.15, 0.2) is 19.2 Å². The lowest BCUT2D eigenvalue weighted by atomic mass is 9.88. The van der Waals surface area contributed by atoms with Gasteiger partial charge in [0.25, 0.3) is 11.7 Å². The van der Waals surface area contributed by atoms with Crippen LogP contribution in [0.25, 0.3) is 10.4 Å². The number of aliphatic hydroxyl groups is 10. The largest absolute Gasteiger partial charge is 0.477 e. The van der Waals surface area contributed by atoms with Crippen LogP contribution in [0, 0.1) is 0 Å². The highest BCUT2D eigenvalue weighted by Gasteiger charge is 2.57. The molecule has 0 radical (unpaired) electrons. The molecule has 3 saturated heterocycles. The maximum atomic E-state index is 12.6. The van der Waals surface area contributed by atoms with Crippen molar-refractivity contribution < 1.29 is 104 Å². The van der Waals surface area contributed by atoms with Gasteiger partial charge in [-0.05, 0) is 12.0 Å². The summed E-state index contributed by atoms with van der Waals surface area (Å²) in [5.41, 5.74) is 8.36. The molecule has 3 aliphatic rings. The fourth-order valence-corrected chi connectivity index (χ4v) is 5.71. The second-order valence-corrected chi connectivity index (χ2v) is 12.3. The molecule has 0 spiro atoms. The molecule has 3 aliphatic heterocycles. The Morgan fingerprint density at radius 1 is 0.981 bits per heavy atom. The summed E-state index contributed by atoms with van der Waals surface area (Å²) in [5.74, 6) is -6.74. The van der Waals surface area contributed by atoms with Crippen LogP contribution in [0.5, 0.6) is 0 Å². The van der Waals surface area contributed by atoms with Crippen molar-refractivity contribution in [3.63, 3.8) is 0 Å². The Bertz CT molecular complexity index is 1260. The molecule has 3 rings (SSSR count). The van der Waals surface area contributed by atoms with Crippen molar-refractivity contribution in [2.75, 3.05) is 39.6 Å². The van der Waals surface area contributed by atoms with Crippen LogP contribution in [0.2, 0.25) is 0 Å². The smallest absolute Gasteiger partial charge is 0.364 e. The number of carboxylic acids is 1. The van der Waals surface area contributed by atoms with Crippen molar-refractivity contribution in [3.8, 4) is 0 Å². The fourth-order valence-electron chi connectivity index (χ4n) is 5.71. The number of carbonyl (C=O) groups is 3. The number of hydrogen-bond acceptors (Lipinski definition) is 21. The predicted octanol–water partition coefficient (Wildman–Crippen LogP) is -6.96. The molecule has 53 heavy (non-hydrogen) atoms. The minimum absolute atomic E-state index is 0.0560. The topological polar surface area (TPSA) is 399 Å². The highest BCUT2D eigenvalue weighted by atomic mass is 16.8. The number of carbonyl (C=O) groups excluding carboxylic acids is 2. The van der Waals surface area contributed by atoms with E-state index in [2.05, 4.69) is 20.1 Å². The fraction of sp³-hybridized carbons (Fsp3) is 0.893. The number of amides is 1. The summed E-state index contributed by atoms with van der Waals surface area (Å²) >= 11 is 0. The van der Waals surface area contributed by atoms with Gasteiger partial charge in [0, 0.05) is 31.4 Å². The van der Waals surface area contributed by atoms with Crippen molar-refractivity contribution in [1.29, 1.82) is 0 Å². The first-order valence-corrected chi connectivity index (χ1v) is 16.2. The molecule has 0 aromatic carbocycles. The first-order valence-electron chi connectivity index (χ1n) is 16.2. The zero-order chi connectivity index (χ0) is 39.6. The molecule has 16 atom stereocenters. The maximum absolute atomic E-state index is 12.6. The second kappa shape index (κ2) is 20.1. The number of aliphatic carboxylic acids is 1. The van der Waals surface area contributed by atoms with Crippen molar-refractivity contribution >= 4 is 17.8 Å². The van der Waals surface area contributed by atoms with E-state index >= 15 is 0 Å². The number of ether oxygens (including phenoxy) is 7. The Balaban J connectivity index is 1.77. The lowest BCUT2D eigenvalue weighted by Gasteiger charge is -2.48. The molecule has 304 valence electrons. The van der Waals surface area contributed by atoms with Crippen molar-refractivity contribution in [2.45, 2.75) is 117 Å². The molecule has 0 aromatic rings. The monoisotopic (exact) mass is 774 g/mol. The van der Waals surface area contributed by atoms with Crippen molar-refractivity contribution in [1.82, 2.24) is 5.32 Å². The predicted molar refractivity (Wildman–Crippen MR) is 163 cm³/mol. The Kier molecular flexibility index (Phi) is 16.9. The first-order chi connectivity index (χ1) is 25.0. The Hall–Kier alpha value is -2.92. The summed E-state index contributed by atoms with van der Waals surface area (Å²) in [6, 6.07) is -1.68. The van der Waals surface area contributed by atoms with E-state index in [4.69, 9.17) is 34.0 Å². The molecular formula is C28H46N4O21. The summed E-state index contributed by atoms with van der Waals surface area (Å²) in [6.07, 6.45) is -27.1. The number of rotatable bonds is 18. The molecule has 12 N–H and O–H groups in total. The van der Waals surface area contributed by atoms with Crippen molar-refractivity contribution in [2.24, 2.45) is 5.11 Å². The molecule has 0 bridgehead atoms. The maximum Gasteiger partial charge on any atom is 0.364 e. The average Bonchev–Trinajstić information content (AvgIpc) is 3.12. The standard InChI is InChI=1S/C28H46N4O21/c1-10(35)48-9-15(38)31-16-11(36)5-28(27(45)46,53-24(16)17(39)12(37)6-33)49-8-14-18(40)19(41)21(43)26(51-14)52-23-13(7-34)50-25(22(44)20(23)42)47-4-2-3-30-32-29/h11-14,16-26,33-34,36-37,39-44H,2-9H2,1H3,(H,31,38)(H,45,46)/t11-,12+,13+,14+,16+,17+,18-,19-,20+,21+,22+,23+,24+,25+,26-,28+/m0/s1. The van der Waals surface area contributed by atoms with E-state index in [1.54, 1.807) is 0 Å². The van der Waals surface area contributed by atoms with E-state index in [1.165, 1.54) is 0 Å². The van der Waals surface area contributed by atoms with Crippen LogP contribution in [-0.2, 0) is 47.5 Å². The van der Waals surface area contributed by atoms with Gasteiger partial charge in [0.2, 0.25) is 0 Å². The van der Waals surface area contributed by atoms with E-state index in [9.17, 15) is 70.6 Å². The van der Waals surface area contributed by atoms with Crippen LogP contribution < -0.4 is 5.32 Å². The summed E-state index contributed by atoms with van der Waals surface area (Å²) < 4.78 is 37.5. The SMILES string of the molecule is CC(=O)OCC(=O)N[C@H]1[C@H]([C@H](O)[C@H](O)CO)O[C@@](OC[C@H]2O[C@@H](O[C@H]3[C@H](O)[C@@H](O)[C@H](OCCCN=[N+]=[N-])O[C@@H]3CO)[C@H](O)[C@@H](O)[C@H]2O)(C(=O)O)C[C@@H]1O. The lowest BCUT2D eigenvalue weighted by Crippen LogP contribution is -2.69. The molecule has 25 heteroatoms. The van der Waals surface area contributed by atoms with Gasteiger partial charge in [0.1, 0.15) is 67.1 Å². The van der Waals surface area contributed by atoms with Gasteiger partial charge in [0.05, 0.1) is 32.0 Å². The molecule has 0 unspecified atom stereocenters. The first kappa shape index (κ1) is 44.5. The number of esters is 1. The van der Waals surface area contributed by atoms with Crippen molar-refractivity contribution in [3.05, 3.63) is 10.4 Å². The molecule has 25 nitrogen and oxygen atoms in total. The van der Waals surface area contributed by atoms with Gasteiger partial charge in [-0.25, -0.2) is 4.79 Å². The summed E-state index contributed by atoms with van der Waals surface area (Å²) in [7, 11) is 0. The third kappa shape index (κ3) is 11.1. The van der Waals surface area contributed by atoms with Crippen LogP contribution in [0.1, 0.15) is 19.8 Å². The Morgan fingerprint density at radius 3 is 2.25 bits per heavy atom. The van der Waals surface area contributed by atoms with Gasteiger partial charge in [-0.1, -0.05) is 5.11 Å². The molecule has 0 aromatic heterocycles. The highest BCUT2D eigenvalue weighted by molar-refractivity contribution is 5.80. The lowest BCUT2D eigenvalue weighted by molar-refractivity contribution is -0.367.